The molecule has 0 bridgehead atoms. The summed E-state index contributed by atoms with van der Waals surface area (Å²) in [6.07, 6.45) is 3.01. The van der Waals surface area contributed by atoms with Gasteiger partial charge in [-0.25, -0.2) is 29.2 Å². The minimum absolute atomic E-state index is 0.0974. The smallest absolute Gasteiger partial charge is 0.343 e. The summed E-state index contributed by atoms with van der Waals surface area (Å²) < 4.78 is 34.3. The first-order valence-corrected chi connectivity index (χ1v) is 20.3. The molecular weight excluding hydrogens is 811 g/mol. The van der Waals surface area contributed by atoms with E-state index in [0.717, 1.165) is 38.7 Å². The van der Waals surface area contributed by atoms with Crippen LogP contribution in [0.5, 0.6) is 17.2 Å². The summed E-state index contributed by atoms with van der Waals surface area (Å²) in [5, 5.41) is 9.13. The number of aromatic nitrogens is 1. The highest BCUT2D eigenvalue weighted by molar-refractivity contribution is 7.22. The predicted molar refractivity (Wildman–Crippen MR) is 239 cm³/mol. The van der Waals surface area contributed by atoms with Gasteiger partial charge < -0.3 is 28.4 Å². The molecule has 1 heterocycles. The molecular formula is C48H45N3O10S. The fourth-order valence-corrected chi connectivity index (χ4v) is 6.79. The molecule has 1 atom stereocenters. The average Bonchev–Trinajstić information content (AvgIpc) is 3.72. The van der Waals surface area contributed by atoms with Crippen molar-refractivity contribution in [3.63, 3.8) is 0 Å². The van der Waals surface area contributed by atoms with Gasteiger partial charge in [-0.15, -0.1) is 0 Å². The number of anilines is 1. The molecule has 0 radical (unpaired) electrons. The first-order chi connectivity index (χ1) is 29.8. The van der Waals surface area contributed by atoms with Crippen LogP contribution in [0.3, 0.4) is 0 Å². The molecule has 0 aliphatic carbocycles. The molecule has 0 amide bonds. The van der Waals surface area contributed by atoms with E-state index in [-0.39, 0.29) is 36.7 Å². The van der Waals surface area contributed by atoms with Crippen LogP contribution in [0.25, 0.3) is 21.0 Å². The number of hydrazone groups is 1. The van der Waals surface area contributed by atoms with Crippen LogP contribution in [0.15, 0.2) is 134 Å². The zero-order chi connectivity index (χ0) is 44.2. The van der Waals surface area contributed by atoms with E-state index in [0.29, 0.717) is 34.2 Å². The summed E-state index contributed by atoms with van der Waals surface area (Å²) in [6.45, 7) is 12.3. The van der Waals surface area contributed by atoms with Crippen LogP contribution >= 0.6 is 11.3 Å². The van der Waals surface area contributed by atoms with Crippen molar-refractivity contribution < 1.29 is 47.6 Å². The Morgan fingerprint density at radius 3 is 2.21 bits per heavy atom. The lowest BCUT2D eigenvalue weighted by atomic mass is 10.1. The number of hydrogen-bond acceptors (Lipinski definition) is 14. The van der Waals surface area contributed by atoms with Crippen molar-refractivity contribution in [3.05, 3.63) is 151 Å². The molecule has 0 aliphatic rings. The van der Waals surface area contributed by atoms with Crippen LogP contribution in [-0.4, -0.2) is 73.6 Å². The zero-order valence-electron chi connectivity index (χ0n) is 34.7. The Morgan fingerprint density at radius 2 is 1.50 bits per heavy atom. The topological polar surface area (TPSA) is 152 Å². The molecule has 62 heavy (non-hydrogen) atoms. The third-order valence-corrected chi connectivity index (χ3v) is 9.97. The van der Waals surface area contributed by atoms with Gasteiger partial charge in [0.1, 0.15) is 36.1 Å². The Labute approximate surface area is 362 Å². The van der Waals surface area contributed by atoms with E-state index >= 15 is 0 Å². The van der Waals surface area contributed by atoms with Crippen molar-refractivity contribution in [2.75, 3.05) is 31.9 Å². The van der Waals surface area contributed by atoms with Crippen molar-refractivity contribution in [3.8, 4) is 17.2 Å². The van der Waals surface area contributed by atoms with Gasteiger partial charge in [-0.1, -0.05) is 60.9 Å². The SMILES string of the molecule is C=CC(=O)OCC(COc1ccc(C(=O)Oc2ccc(CCOC(=O)c3ccc(OC(C)(C)C)cc3)cc2/C=N/N(C)c2nc3c(ccc4ccccc43)s2)cc1)OC(=O)C=C. The number of benzene rings is 5. The number of ether oxygens (including phenoxy) is 6. The Balaban J connectivity index is 1.16. The number of carbonyl (C=O) groups excluding carboxylic acids is 4. The van der Waals surface area contributed by atoms with E-state index in [1.807, 2.05) is 57.2 Å². The second kappa shape index (κ2) is 20.3. The lowest BCUT2D eigenvalue weighted by Crippen LogP contribution is -2.30. The number of hydrogen-bond donors (Lipinski definition) is 0. The monoisotopic (exact) mass is 855 g/mol. The van der Waals surface area contributed by atoms with Gasteiger partial charge in [0.2, 0.25) is 5.13 Å². The highest BCUT2D eigenvalue weighted by Crippen LogP contribution is 2.33. The summed E-state index contributed by atoms with van der Waals surface area (Å²) >= 11 is 1.50. The molecule has 0 fully saturated rings. The maximum absolute atomic E-state index is 13.5. The Kier molecular flexibility index (Phi) is 14.5. The summed E-state index contributed by atoms with van der Waals surface area (Å²) in [4.78, 5) is 54.5. The van der Waals surface area contributed by atoms with Crippen LogP contribution < -0.4 is 19.2 Å². The predicted octanol–water partition coefficient (Wildman–Crippen LogP) is 8.92. The summed E-state index contributed by atoms with van der Waals surface area (Å²) in [5.41, 5.74) is 2.43. The lowest BCUT2D eigenvalue weighted by molar-refractivity contribution is -0.154. The summed E-state index contributed by atoms with van der Waals surface area (Å²) in [7, 11) is 1.79. The zero-order valence-corrected chi connectivity index (χ0v) is 35.5. The second-order valence-electron chi connectivity index (χ2n) is 14.7. The van der Waals surface area contributed by atoms with E-state index < -0.39 is 30.0 Å². The van der Waals surface area contributed by atoms with Gasteiger partial charge in [-0.3, -0.25) is 0 Å². The van der Waals surface area contributed by atoms with E-state index in [1.165, 1.54) is 23.5 Å². The Morgan fingerprint density at radius 1 is 0.806 bits per heavy atom. The molecule has 0 spiro atoms. The molecule has 0 aliphatic heterocycles. The van der Waals surface area contributed by atoms with Gasteiger partial charge in [0, 0.05) is 36.6 Å². The minimum atomic E-state index is -0.927. The molecule has 1 aromatic heterocycles. The molecule has 6 aromatic rings. The normalized spacial score (nSPS) is 11.7. The van der Waals surface area contributed by atoms with E-state index in [9.17, 15) is 19.2 Å². The van der Waals surface area contributed by atoms with Crippen LogP contribution in [0, 0.1) is 0 Å². The minimum Gasteiger partial charge on any atom is -0.490 e. The van der Waals surface area contributed by atoms with Crippen molar-refractivity contribution >= 4 is 67.5 Å². The van der Waals surface area contributed by atoms with Gasteiger partial charge >= 0.3 is 23.9 Å². The van der Waals surface area contributed by atoms with Crippen molar-refractivity contribution in [1.29, 1.82) is 0 Å². The number of carbonyl (C=O) groups is 4. The summed E-state index contributed by atoms with van der Waals surface area (Å²) in [5.74, 6) is -1.27. The lowest BCUT2D eigenvalue weighted by Gasteiger charge is -2.21. The van der Waals surface area contributed by atoms with E-state index in [4.69, 9.17) is 33.4 Å². The number of thiazole rings is 1. The van der Waals surface area contributed by atoms with Gasteiger partial charge in [0.05, 0.1) is 34.2 Å². The number of rotatable bonds is 18. The van der Waals surface area contributed by atoms with Crippen LogP contribution in [0.1, 0.15) is 52.6 Å². The van der Waals surface area contributed by atoms with Crippen molar-refractivity contribution in [2.45, 2.75) is 38.9 Å². The number of fused-ring (bicyclic) bond motifs is 3. The molecule has 14 heteroatoms. The van der Waals surface area contributed by atoms with Gasteiger partial charge in [0.15, 0.2) is 6.10 Å². The van der Waals surface area contributed by atoms with E-state index in [2.05, 4.69) is 24.3 Å². The van der Waals surface area contributed by atoms with Gasteiger partial charge in [-0.2, -0.15) is 5.10 Å². The van der Waals surface area contributed by atoms with Crippen molar-refractivity contribution in [2.24, 2.45) is 5.10 Å². The first-order valence-electron chi connectivity index (χ1n) is 19.5. The van der Waals surface area contributed by atoms with Crippen molar-refractivity contribution in [1.82, 2.24) is 4.98 Å². The fraction of sp³-hybridized carbons (Fsp3) is 0.208. The highest BCUT2D eigenvalue weighted by Gasteiger charge is 2.19. The van der Waals surface area contributed by atoms with E-state index in [1.54, 1.807) is 66.8 Å². The maximum Gasteiger partial charge on any atom is 0.343 e. The third-order valence-electron chi connectivity index (χ3n) is 8.89. The third kappa shape index (κ3) is 12.1. The second-order valence-corrected chi connectivity index (χ2v) is 15.7. The Hall–Kier alpha value is -7.32. The number of nitrogens with zero attached hydrogens (tertiary/aromatic N) is 3. The maximum atomic E-state index is 13.5. The summed E-state index contributed by atoms with van der Waals surface area (Å²) in [6, 6.07) is 30.4. The molecule has 5 aromatic carbocycles. The molecule has 0 saturated carbocycles. The molecule has 0 N–H and O–H groups in total. The van der Waals surface area contributed by atoms with Gasteiger partial charge in [-0.05, 0) is 98.5 Å². The quantitative estimate of drug-likeness (QED) is 0.0203. The van der Waals surface area contributed by atoms with Crippen LogP contribution in [0.2, 0.25) is 0 Å². The standard InChI is InChI=1S/C48H45N3O10S/c1-7-42(52)58-30-38(59-43(53)8-2)29-57-36-19-14-34(15-20-36)46(55)60-40-23-13-31(25-26-56-45(54)33-16-21-37(22-17-33)61-48(3,4)5)27-35(40)28-49-51(6)47-50-44-39-12-10-9-11-32(39)18-24-41(44)62-47/h7-24,27-28,38H,1-2,25-26,29-30H2,3-6H3/b49-28+. The number of esters is 4. The largest absolute Gasteiger partial charge is 0.490 e. The molecule has 6 rings (SSSR count). The molecule has 0 saturated heterocycles. The molecule has 318 valence electrons. The average molecular weight is 856 g/mol. The van der Waals surface area contributed by atoms with Crippen LogP contribution in [0.4, 0.5) is 5.13 Å². The fourth-order valence-electron chi connectivity index (χ4n) is 5.89. The molecule has 13 nitrogen and oxygen atoms in total. The Bertz CT molecular complexity index is 2610. The van der Waals surface area contributed by atoms with Gasteiger partial charge in [0.25, 0.3) is 0 Å². The molecule has 1 unspecified atom stereocenters. The first kappa shape index (κ1) is 44.2. The van der Waals surface area contributed by atoms with Crippen LogP contribution in [-0.2, 0) is 30.2 Å². The highest BCUT2D eigenvalue weighted by atomic mass is 32.1.